The summed E-state index contributed by atoms with van der Waals surface area (Å²) in [5.41, 5.74) is 1.82. The molecule has 0 aliphatic carbocycles. The molecule has 0 fully saturated rings. The molecular weight excluding hydrogens is 154 g/mol. The first-order valence-electron chi connectivity index (χ1n) is 3.69. The number of anilines is 1. The van der Waals surface area contributed by atoms with Gasteiger partial charge >= 0.3 is 6.03 Å². The van der Waals surface area contributed by atoms with Crippen molar-refractivity contribution < 1.29 is 4.79 Å². The topological polar surface area (TPSA) is 58.4 Å². The largest absolute Gasteiger partial charge is 0.336 e. The Labute approximate surface area is 69.9 Å². The number of para-hydroxylation sites is 1. The summed E-state index contributed by atoms with van der Waals surface area (Å²) in [6.07, 6.45) is 0. The van der Waals surface area contributed by atoms with E-state index in [1.165, 1.54) is 0 Å². The molecule has 1 aliphatic rings. The molecular formula is C8H9N3O. The number of hydrazine groups is 1. The summed E-state index contributed by atoms with van der Waals surface area (Å²) in [4.78, 5) is 11.0. The van der Waals surface area contributed by atoms with Gasteiger partial charge in [-0.2, -0.15) is 0 Å². The second kappa shape index (κ2) is 2.49. The minimum absolute atomic E-state index is 0.256. The highest BCUT2D eigenvalue weighted by atomic mass is 16.2. The molecule has 0 unspecified atom stereocenters. The molecule has 4 nitrogen and oxygen atoms in total. The van der Waals surface area contributed by atoms with Crippen molar-refractivity contribution in [2.45, 2.75) is 6.54 Å². The van der Waals surface area contributed by atoms with Crippen LogP contribution in [0.1, 0.15) is 5.56 Å². The fourth-order valence-electron chi connectivity index (χ4n) is 1.26. The lowest BCUT2D eigenvalue weighted by Crippen LogP contribution is -2.48. The summed E-state index contributed by atoms with van der Waals surface area (Å²) in [7, 11) is 0. The number of benzene rings is 1. The van der Waals surface area contributed by atoms with Crippen molar-refractivity contribution in [1.82, 2.24) is 5.32 Å². The number of hydrogen-bond acceptors (Lipinski definition) is 2. The minimum atomic E-state index is -0.256. The lowest BCUT2D eigenvalue weighted by Gasteiger charge is -2.25. The second-order valence-corrected chi connectivity index (χ2v) is 2.66. The van der Waals surface area contributed by atoms with Crippen molar-refractivity contribution in [2.24, 2.45) is 5.84 Å². The van der Waals surface area contributed by atoms with Gasteiger partial charge in [0.15, 0.2) is 0 Å². The predicted molar refractivity (Wildman–Crippen MR) is 45.3 cm³/mol. The van der Waals surface area contributed by atoms with Crippen LogP contribution in [0.4, 0.5) is 10.5 Å². The molecule has 3 N–H and O–H groups in total. The zero-order valence-corrected chi connectivity index (χ0v) is 6.45. The van der Waals surface area contributed by atoms with Crippen molar-refractivity contribution in [1.29, 1.82) is 0 Å². The van der Waals surface area contributed by atoms with Gasteiger partial charge in [0.2, 0.25) is 0 Å². The number of nitrogens with two attached hydrogens (primary N) is 1. The average molecular weight is 163 g/mol. The molecule has 2 rings (SSSR count). The van der Waals surface area contributed by atoms with Crippen LogP contribution in [0.2, 0.25) is 0 Å². The normalized spacial score (nSPS) is 15.4. The van der Waals surface area contributed by atoms with Gasteiger partial charge in [-0.15, -0.1) is 0 Å². The molecule has 1 heterocycles. The highest BCUT2D eigenvalue weighted by molar-refractivity contribution is 5.93. The van der Waals surface area contributed by atoms with Gasteiger partial charge < -0.3 is 5.32 Å². The van der Waals surface area contributed by atoms with Crippen LogP contribution in [-0.2, 0) is 6.54 Å². The van der Waals surface area contributed by atoms with Gasteiger partial charge in [0.05, 0.1) is 5.69 Å². The van der Waals surface area contributed by atoms with Crippen LogP contribution in [0.5, 0.6) is 0 Å². The van der Waals surface area contributed by atoms with E-state index >= 15 is 0 Å². The Balaban J connectivity index is 2.48. The van der Waals surface area contributed by atoms with Gasteiger partial charge in [0, 0.05) is 6.54 Å². The first-order valence-corrected chi connectivity index (χ1v) is 3.69. The monoisotopic (exact) mass is 163 g/mol. The maximum atomic E-state index is 11.0. The van der Waals surface area contributed by atoms with Crippen LogP contribution in [0, 0.1) is 0 Å². The van der Waals surface area contributed by atoms with Gasteiger partial charge in [0.25, 0.3) is 0 Å². The molecule has 62 valence electrons. The Bertz CT molecular complexity index is 324. The van der Waals surface area contributed by atoms with E-state index in [2.05, 4.69) is 5.32 Å². The van der Waals surface area contributed by atoms with Crippen LogP contribution in [0.3, 0.4) is 0 Å². The van der Waals surface area contributed by atoms with Crippen molar-refractivity contribution in [2.75, 3.05) is 5.01 Å². The molecule has 0 aromatic heterocycles. The molecule has 1 aromatic carbocycles. The molecule has 0 radical (unpaired) electrons. The van der Waals surface area contributed by atoms with E-state index in [9.17, 15) is 4.79 Å². The maximum Gasteiger partial charge on any atom is 0.336 e. The SMILES string of the molecule is NN1C(=O)NCc2ccccc21. The summed E-state index contributed by atoms with van der Waals surface area (Å²) in [5, 5.41) is 3.77. The lowest BCUT2D eigenvalue weighted by molar-refractivity contribution is 0.244. The number of rotatable bonds is 0. The third-order valence-electron chi connectivity index (χ3n) is 1.90. The van der Waals surface area contributed by atoms with Crippen LogP contribution in [0.15, 0.2) is 24.3 Å². The summed E-state index contributed by atoms with van der Waals surface area (Å²) >= 11 is 0. The zero-order valence-electron chi connectivity index (χ0n) is 6.45. The smallest absolute Gasteiger partial charge is 0.332 e. The number of fused-ring (bicyclic) bond motifs is 1. The maximum absolute atomic E-state index is 11.0. The third-order valence-corrected chi connectivity index (χ3v) is 1.90. The van der Waals surface area contributed by atoms with Crippen molar-refractivity contribution in [3.8, 4) is 0 Å². The number of nitrogens with zero attached hydrogens (tertiary/aromatic N) is 1. The molecule has 1 aromatic rings. The number of urea groups is 1. The molecule has 2 amide bonds. The third kappa shape index (κ3) is 0.931. The van der Waals surface area contributed by atoms with Gasteiger partial charge in [0.1, 0.15) is 0 Å². The number of amides is 2. The van der Waals surface area contributed by atoms with Gasteiger partial charge in [-0.1, -0.05) is 18.2 Å². The first-order chi connectivity index (χ1) is 5.79. The van der Waals surface area contributed by atoms with E-state index in [4.69, 9.17) is 5.84 Å². The number of nitrogens with one attached hydrogen (secondary N) is 1. The standard InChI is InChI=1S/C8H9N3O/c9-11-7-4-2-1-3-6(7)5-10-8(11)12/h1-4H,5,9H2,(H,10,12). The molecule has 4 heteroatoms. The van der Waals surface area contributed by atoms with E-state index in [1.807, 2.05) is 24.3 Å². The van der Waals surface area contributed by atoms with E-state index in [0.717, 1.165) is 16.3 Å². The Morgan fingerprint density at radius 3 is 3.00 bits per heavy atom. The number of carbonyl (C=O) groups excluding carboxylic acids is 1. The summed E-state index contributed by atoms with van der Waals surface area (Å²) in [5.74, 6) is 5.51. The van der Waals surface area contributed by atoms with Crippen LogP contribution >= 0.6 is 0 Å². The average Bonchev–Trinajstić information content (AvgIpc) is 2.12. The summed E-state index contributed by atoms with van der Waals surface area (Å²) < 4.78 is 0. The number of hydrogen-bond donors (Lipinski definition) is 2. The van der Waals surface area contributed by atoms with Crippen molar-refractivity contribution >= 4 is 11.7 Å². The van der Waals surface area contributed by atoms with Crippen molar-refractivity contribution in [3.63, 3.8) is 0 Å². The molecule has 0 atom stereocenters. The van der Waals surface area contributed by atoms with E-state index in [0.29, 0.717) is 6.54 Å². The molecule has 12 heavy (non-hydrogen) atoms. The van der Waals surface area contributed by atoms with Gasteiger partial charge in [-0.3, -0.25) is 0 Å². The molecule has 0 bridgehead atoms. The van der Waals surface area contributed by atoms with Crippen LogP contribution in [-0.4, -0.2) is 6.03 Å². The van der Waals surface area contributed by atoms with E-state index in [-0.39, 0.29) is 6.03 Å². The molecule has 0 spiro atoms. The van der Waals surface area contributed by atoms with Crippen LogP contribution in [0.25, 0.3) is 0 Å². The summed E-state index contributed by atoms with van der Waals surface area (Å²) in [6.45, 7) is 0.558. The fraction of sp³-hybridized carbons (Fsp3) is 0.125. The van der Waals surface area contributed by atoms with E-state index < -0.39 is 0 Å². The van der Waals surface area contributed by atoms with Gasteiger partial charge in [-0.05, 0) is 11.6 Å². The van der Waals surface area contributed by atoms with Crippen LogP contribution < -0.4 is 16.2 Å². The molecule has 0 saturated heterocycles. The van der Waals surface area contributed by atoms with E-state index in [1.54, 1.807) is 0 Å². The lowest BCUT2D eigenvalue weighted by atomic mass is 10.1. The second-order valence-electron chi connectivity index (χ2n) is 2.66. The Morgan fingerprint density at radius 2 is 2.17 bits per heavy atom. The zero-order chi connectivity index (χ0) is 8.55. The first kappa shape index (κ1) is 7.12. The highest BCUT2D eigenvalue weighted by Crippen LogP contribution is 2.20. The fourth-order valence-corrected chi connectivity index (χ4v) is 1.26. The Kier molecular flexibility index (Phi) is 1.48. The summed E-state index contributed by atoms with van der Waals surface area (Å²) in [6, 6.07) is 7.29. The minimum Gasteiger partial charge on any atom is -0.332 e. The molecule has 0 saturated carbocycles. The number of carbonyl (C=O) groups is 1. The highest BCUT2D eigenvalue weighted by Gasteiger charge is 2.19. The van der Waals surface area contributed by atoms with Crippen molar-refractivity contribution in [3.05, 3.63) is 29.8 Å². The Hall–Kier alpha value is -1.55. The quantitative estimate of drug-likeness (QED) is 0.434. The predicted octanol–water partition coefficient (Wildman–Crippen LogP) is 0.590. The Morgan fingerprint density at radius 1 is 1.42 bits per heavy atom. The van der Waals surface area contributed by atoms with Gasteiger partial charge in [-0.25, -0.2) is 15.6 Å². The molecule has 1 aliphatic heterocycles.